The van der Waals surface area contributed by atoms with E-state index in [2.05, 4.69) is 41.0 Å². The minimum atomic E-state index is 0.669. The van der Waals surface area contributed by atoms with Gasteiger partial charge in [-0.1, -0.05) is 19.1 Å². The highest BCUT2D eigenvalue weighted by Crippen LogP contribution is 2.35. The lowest BCUT2D eigenvalue weighted by Crippen LogP contribution is -2.42. The number of hydrogen-bond acceptors (Lipinski definition) is 3. The van der Waals surface area contributed by atoms with Crippen LogP contribution in [0, 0.1) is 5.92 Å². The van der Waals surface area contributed by atoms with E-state index in [4.69, 9.17) is 0 Å². The fourth-order valence-electron chi connectivity index (χ4n) is 2.67. The first-order valence-corrected chi connectivity index (χ1v) is 5.99. The largest absolute Gasteiger partial charge is 0.356 e. The van der Waals surface area contributed by atoms with E-state index in [0.29, 0.717) is 6.04 Å². The number of allylic oxidation sites excluding steroid dienone is 1. The third-order valence-electron chi connectivity index (χ3n) is 3.77. The molecule has 0 aliphatic heterocycles. The van der Waals surface area contributed by atoms with Crippen molar-refractivity contribution in [2.45, 2.75) is 32.2 Å². The summed E-state index contributed by atoms with van der Waals surface area (Å²) in [7, 11) is 2.16. The summed E-state index contributed by atoms with van der Waals surface area (Å²) in [6, 6.07) is 0.669. The molecule has 0 amide bonds. The molecule has 1 aromatic heterocycles. The number of fused-ring (bicyclic) bond motifs is 1. The molecule has 3 rings (SSSR count). The van der Waals surface area contributed by atoms with Gasteiger partial charge in [0.2, 0.25) is 0 Å². The molecule has 2 aliphatic rings. The predicted molar refractivity (Wildman–Crippen MR) is 65.4 cm³/mol. The van der Waals surface area contributed by atoms with Crippen molar-refractivity contribution in [1.29, 1.82) is 0 Å². The Hall–Kier alpha value is -1.38. The molecule has 1 fully saturated rings. The Balaban J connectivity index is 1.89. The smallest absolute Gasteiger partial charge is 0.139 e. The molecule has 0 saturated heterocycles. The Morgan fingerprint density at radius 2 is 2.12 bits per heavy atom. The highest BCUT2D eigenvalue weighted by atomic mass is 15.2. The zero-order valence-electron chi connectivity index (χ0n) is 9.85. The van der Waals surface area contributed by atoms with Crippen molar-refractivity contribution in [1.82, 2.24) is 9.97 Å². The lowest BCUT2D eigenvalue weighted by Gasteiger charge is -2.40. The van der Waals surface area contributed by atoms with Crippen molar-refractivity contribution >= 4 is 11.9 Å². The van der Waals surface area contributed by atoms with Crippen molar-refractivity contribution in [2.24, 2.45) is 5.92 Å². The first-order valence-electron chi connectivity index (χ1n) is 5.99. The van der Waals surface area contributed by atoms with Gasteiger partial charge in [0.15, 0.2) is 0 Å². The van der Waals surface area contributed by atoms with E-state index in [1.165, 1.54) is 24.1 Å². The lowest BCUT2D eigenvalue weighted by molar-refractivity contribution is 0.280. The number of rotatable bonds is 2. The van der Waals surface area contributed by atoms with Gasteiger partial charge in [-0.3, -0.25) is 0 Å². The van der Waals surface area contributed by atoms with E-state index in [0.717, 1.165) is 18.2 Å². The van der Waals surface area contributed by atoms with E-state index >= 15 is 0 Å². The normalized spacial score (nSPS) is 26.4. The van der Waals surface area contributed by atoms with Crippen LogP contribution in [0.5, 0.6) is 0 Å². The topological polar surface area (TPSA) is 29.0 Å². The molecule has 1 aromatic rings. The van der Waals surface area contributed by atoms with Crippen LogP contribution in [0.1, 0.15) is 31.0 Å². The molecule has 2 aliphatic carbocycles. The maximum atomic E-state index is 4.44. The molecule has 3 nitrogen and oxygen atoms in total. The van der Waals surface area contributed by atoms with Gasteiger partial charge in [-0.05, 0) is 18.8 Å². The zero-order chi connectivity index (χ0) is 11.1. The Morgan fingerprint density at radius 3 is 2.88 bits per heavy atom. The Kier molecular flexibility index (Phi) is 2.20. The molecular formula is C13H17N3. The van der Waals surface area contributed by atoms with Gasteiger partial charge >= 0.3 is 0 Å². The summed E-state index contributed by atoms with van der Waals surface area (Å²) in [6.07, 6.45) is 9.56. The summed E-state index contributed by atoms with van der Waals surface area (Å²) in [6.45, 7) is 2.31. The van der Waals surface area contributed by atoms with E-state index < -0.39 is 0 Å². The number of anilines is 1. The molecule has 0 atom stereocenters. The standard InChI is InChI=1S/C13H17N3/c1-9-6-10(7-9)16(2)13-11-4-3-5-12(11)14-8-15-13/h3-4,8-10H,5-7H2,1-2H3. The molecule has 0 unspecified atom stereocenters. The maximum absolute atomic E-state index is 4.44. The third-order valence-corrected chi connectivity index (χ3v) is 3.77. The van der Waals surface area contributed by atoms with Crippen molar-refractivity contribution in [3.05, 3.63) is 23.7 Å². The monoisotopic (exact) mass is 215 g/mol. The van der Waals surface area contributed by atoms with E-state index in [-0.39, 0.29) is 0 Å². The van der Waals surface area contributed by atoms with E-state index in [9.17, 15) is 0 Å². The van der Waals surface area contributed by atoms with E-state index in [1.54, 1.807) is 6.33 Å². The van der Waals surface area contributed by atoms with Gasteiger partial charge in [0.25, 0.3) is 0 Å². The van der Waals surface area contributed by atoms with Gasteiger partial charge in [-0.2, -0.15) is 0 Å². The molecule has 0 radical (unpaired) electrons. The number of hydrogen-bond donors (Lipinski definition) is 0. The highest BCUT2D eigenvalue weighted by molar-refractivity contribution is 5.69. The van der Waals surface area contributed by atoms with Crippen LogP contribution in [0.3, 0.4) is 0 Å². The van der Waals surface area contributed by atoms with Gasteiger partial charge in [-0.15, -0.1) is 0 Å². The second-order valence-electron chi connectivity index (χ2n) is 5.01. The van der Waals surface area contributed by atoms with Crippen LogP contribution in [-0.2, 0) is 6.42 Å². The molecule has 16 heavy (non-hydrogen) atoms. The molecule has 0 aromatic carbocycles. The van der Waals surface area contributed by atoms with Crippen LogP contribution in [0.15, 0.2) is 12.4 Å². The van der Waals surface area contributed by atoms with Crippen LogP contribution in [0.25, 0.3) is 6.08 Å². The fraction of sp³-hybridized carbons (Fsp3) is 0.538. The molecular weight excluding hydrogens is 198 g/mol. The Labute approximate surface area is 96.2 Å². The number of nitrogens with zero attached hydrogens (tertiary/aromatic N) is 3. The molecule has 1 heterocycles. The fourth-order valence-corrected chi connectivity index (χ4v) is 2.67. The van der Waals surface area contributed by atoms with Crippen molar-refractivity contribution in [2.75, 3.05) is 11.9 Å². The molecule has 84 valence electrons. The quantitative estimate of drug-likeness (QED) is 0.758. The molecule has 0 N–H and O–H groups in total. The summed E-state index contributed by atoms with van der Waals surface area (Å²) < 4.78 is 0. The van der Waals surface area contributed by atoms with Gasteiger partial charge in [0, 0.05) is 25.1 Å². The van der Waals surface area contributed by atoms with Crippen LogP contribution >= 0.6 is 0 Å². The first kappa shape index (κ1) is 9.82. The first-order chi connectivity index (χ1) is 7.75. The Bertz CT molecular complexity index is 433. The molecule has 0 bridgehead atoms. The van der Waals surface area contributed by atoms with Crippen LogP contribution < -0.4 is 4.90 Å². The minimum absolute atomic E-state index is 0.669. The molecule has 3 heteroatoms. The summed E-state index contributed by atoms with van der Waals surface area (Å²) >= 11 is 0. The average molecular weight is 215 g/mol. The molecule has 1 saturated carbocycles. The van der Waals surface area contributed by atoms with Crippen molar-refractivity contribution < 1.29 is 0 Å². The predicted octanol–water partition coefficient (Wildman–Crippen LogP) is 2.28. The van der Waals surface area contributed by atoms with Crippen LogP contribution in [0.4, 0.5) is 5.82 Å². The van der Waals surface area contributed by atoms with Gasteiger partial charge in [-0.25, -0.2) is 9.97 Å². The van der Waals surface area contributed by atoms with Crippen LogP contribution in [-0.4, -0.2) is 23.1 Å². The summed E-state index contributed by atoms with van der Waals surface area (Å²) in [5.74, 6) is 1.98. The second kappa shape index (κ2) is 3.58. The Morgan fingerprint density at radius 1 is 1.31 bits per heavy atom. The average Bonchev–Trinajstić information content (AvgIpc) is 2.71. The lowest BCUT2D eigenvalue weighted by atomic mass is 9.81. The van der Waals surface area contributed by atoms with Gasteiger partial charge < -0.3 is 4.90 Å². The maximum Gasteiger partial charge on any atom is 0.139 e. The minimum Gasteiger partial charge on any atom is -0.356 e. The summed E-state index contributed by atoms with van der Waals surface area (Å²) in [4.78, 5) is 11.1. The van der Waals surface area contributed by atoms with Gasteiger partial charge in [0.1, 0.15) is 12.1 Å². The van der Waals surface area contributed by atoms with E-state index in [1.807, 2.05) is 0 Å². The van der Waals surface area contributed by atoms with Gasteiger partial charge in [0.05, 0.1) is 5.69 Å². The number of aromatic nitrogens is 2. The second-order valence-corrected chi connectivity index (χ2v) is 5.01. The summed E-state index contributed by atoms with van der Waals surface area (Å²) in [5, 5.41) is 0. The zero-order valence-corrected chi connectivity index (χ0v) is 9.85. The van der Waals surface area contributed by atoms with Crippen LogP contribution in [0.2, 0.25) is 0 Å². The summed E-state index contributed by atoms with van der Waals surface area (Å²) in [5.41, 5.74) is 2.40. The molecule has 0 spiro atoms. The highest BCUT2D eigenvalue weighted by Gasteiger charge is 2.30. The van der Waals surface area contributed by atoms with Crippen molar-refractivity contribution in [3.8, 4) is 0 Å². The third kappa shape index (κ3) is 1.42. The van der Waals surface area contributed by atoms with Crippen molar-refractivity contribution in [3.63, 3.8) is 0 Å². The SMILES string of the molecule is CC1CC(N(C)c2ncnc3c2C=CC3)C1.